The van der Waals surface area contributed by atoms with Crippen molar-refractivity contribution < 1.29 is 31.4 Å². The number of hydrogen-bond acceptors (Lipinski definition) is 1. The Kier molecular flexibility index (Phi) is 2.19. The smallest absolute Gasteiger partial charge is 0.331 e. The van der Waals surface area contributed by atoms with Crippen LogP contribution in [0, 0.1) is 6.43 Å². The Morgan fingerprint density at radius 1 is 1.00 bits per heavy atom. The van der Waals surface area contributed by atoms with E-state index in [9.17, 15) is 26.3 Å². The molecule has 0 bridgehead atoms. The van der Waals surface area contributed by atoms with Gasteiger partial charge in [-0.1, -0.05) is 0 Å². The van der Waals surface area contributed by atoms with Gasteiger partial charge in [0.1, 0.15) is 0 Å². The Morgan fingerprint density at radius 3 is 1.30 bits per heavy atom. The van der Waals surface area contributed by atoms with Gasteiger partial charge in [-0.05, 0) is 0 Å². The lowest BCUT2D eigenvalue weighted by Crippen LogP contribution is -2.42. The van der Waals surface area contributed by atoms with Gasteiger partial charge in [-0.3, -0.25) is 0 Å². The maximum absolute atomic E-state index is 11.3. The molecule has 0 saturated carbocycles. The number of hydrogen-bond donors (Lipinski definition) is 1. The highest BCUT2D eigenvalue weighted by Crippen LogP contribution is 2.40. The Morgan fingerprint density at radius 2 is 1.30 bits per heavy atom. The van der Waals surface area contributed by atoms with Gasteiger partial charge < -0.3 is 5.11 Å². The second kappa shape index (κ2) is 2.30. The molecule has 7 heteroatoms. The zero-order chi connectivity index (χ0) is 8.58. The highest BCUT2D eigenvalue weighted by molar-refractivity contribution is 4.89. The van der Waals surface area contributed by atoms with Gasteiger partial charge in [0.05, 0.1) is 0 Å². The molecule has 0 aliphatic heterocycles. The van der Waals surface area contributed by atoms with E-state index in [2.05, 4.69) is 0 Å². The first-order valence-corrected chi connectivity index (χ1v) is 1.86. The van der Waals surface area contributed by atoms with E-state index >= 15 is 0 Å². The molecule has 0 heterocycles. The van der Waals surface area contributed by atoms with Crippen LogP contribution >= 0.6 is 0 Å². The average molecular weight is 167 g/mol. The van der Waals surface area contributed by atoms with Crippen LogP contribution in [0.1, 0.15) is 0 Å². The lowest BCUT2D eigenvalue weighted by atomic mass is 10.3. The SMILES string of the molecule is OC(F)(F)C(F)(F)[C](F)F. The minimum Gasteiger partial charge on any atom is -0.331 e. The van der Waals surface area contributed by atoms with Crippen LogP contribution in [0.25, 0.3) is 0 Å². The molecule has 0 atom stereocenters. The van der Waals surface area contributed by atoms with Crippen LogP contribution in [-0.2, 0) is 0 Å². The zero-order valence-corrected chi connectivity index (χ0v) is 4.22. The van der Waals surface area contributed by atoms with Crippen molar-refractivity contribution in [2.24, 2.45) is 0 Å². The molecule has 10 heavy (non-hydrogen) atoms. The molecular weight excluding hydrogens is 166 g/mol. The number of rotatable bonds is 2. The molecule has 0 aliphatic carbocycles. The molecule has 0 amide bonds. The average Bonchev–Trinajstić information content (AvgIpc) is 1.62. The largest absolute Gasteiger partial charge is 0.423 e. The molecule has 1 nitrogen and oxygen atoms in total. The van der Waals surface area contributed by atoms with Crippen molar-refractivity contribution in [2.75, 3.05) is 0 Å². The van der Waals surface area contributed by atoms with Gasteiger partial charge in [0, 0.05) is 0 Å². The van der Waals surface area contributed by atoms with Crippen molar-refractivity contribution in [1.82, 2.24) is 0 Å². The van der Waals surface area contributed by atoms with E-state index in [1.165, 1.54) is 0 Å². The highest BCUT2D eigenvalue weighted by atomic mass is 19.3. The van der Waals surface area contributed by atoms with Crippen molar-refractivity contribution >= 4 is 0 Å². The summed E-state index contributed by atoms with van der Waals surface area (Å²) in [6.07, 6.45) is -9.52. The first-order chi connectivity index (χ1) is 4.19. The molecule has 0 rings (SSSR count). The summed E-state index contributed by atoms with van der Waals surface area (Å²) < 4.78 is 66.3. The standard InChI is InChI=1S/C3HF6O/c4-1(5)2(6,7)3(8,9)10/h10H. The zero-order valence-electron chi connectivity index (χ0n) is 4.22. The Balaban J connectivity index is 4.40. The fraction of sp³-hybridized carbons (Fsp3) is 0.667. The summed E-state index contributed by atoms with van der Waals surface area (Å²) in [6, 6.07) is 0. The molecule has 0 saturated heterocycles. The molecule has 1 radical (unpaired) electrons. The van der Waals surface area contributed by atoms with Crippen LogP contribution < -0.4 is 0 Å². The summed E-state index contributed by atoms with van der Waals surface area (Å²) in [7, 11) is 0. The van der Waals surface area contributed by atoms with Crippen molar-refractivity contribution in [3.05, 3.63) is 6.43 Å². The Hall–Kier alpha value is -0.460. The van der Waals surface area contributed by atoms with Crippen LogP contribution in [0.15, 0.2) is 0 Å². The van der Waals surface area contributed by atoms with Gasteiger partial charge in [-0.25, -0.2) is 0 Å². The minimum atomic E-state index is -5.76. The van der Waals surface area contributed by atoms with E-state index in [4.69, 9.17) is 5.11 Å². The van der Waals surface area contributed by atoms with E-state index in [1.54, 1.807) is 0 Å². The van der Waals surface area contributed by atoms with E-state index in [-0.39, 0.29) is 0 Å². The number of halogens is 6. The van der Waals surface area contributed by atoms with E-state index in [1.807, 2.05) is 0 Å². The van der Waals surface area contributed by atoms with Gasteiger partial charge in [0.25, 0.3) is 0 Å². The summed E-state index contributed by atoms with van der Waals surface area (Å²) in [6.45, 7) is 0. The monoisotopic (exact) mass is 167 g/mol. The topological polar surface area (TPSA) is 20.2 Å². The molecule has 0 unspecified atom stereocenters. The molecule has 61 valence electrons. The molecular formula is C3HF6O. The third kappa shape index (κ3) is 1.53. The number of aliphatic hydroxyl groups is 1. The summed E-state index contributed by atoms with van der Waals surface area (Å²) >= 11 is 0. The Labute approximate surface area is 51.3 Å². The second-order valence-corrected chi connectivity index (χ2v) is 1.38. The molecule has 0 aromatic rings. The molecule has 0 aliphatic rings. The van der Waals surface area contributed by atoms with Crippen molar-refractivity contribution in [3.8, 4) is 0 Å². The predicted octanol–water partition coefficient (Wildman–Crippen LogP) is 1.64. The fourth-order valence-electron chi connectivity index (χ4n) is 0.114. The van der Waals surface area contributed by atoms with Crippen LogP contribution in [0.5, 0.6) is 0 Å². The third-order valence-electron chi connectivity index (χ3n) is 0.615. The summed E-state index contributed by atoms with van der Waals surface area (Å²) in [5, 5.41) is 7.13. The van der Waals surface area contributed by atoms with Gasteiger partial charge in [0.15, 0.2) is 0 Å². The first-order valence-electron chi connectivity index (χ1n) is 1.86. The van der Waals surface area contributed by atoms with Gasteiger partial charge in [0.2, 0.25) is 0 Å². The normalized spacial score (nSPS) is 14.4. The number of alkyl halides is 4. The lowest BCUT2D eigenvalue weighted by molar-refractivity contribution is -0.334. The minimum absolute atomic E-state index is 3.82. The summed E-state index contributed by atoms with van der Waals surface area (Å²) in [5.74, 6) is -5.76. The summed E-state index contributed by atoms with van der Waals surface area (Å²) in [4.78, 5) is 0. The predicted molar refractivity (Wildman–Crippen MR) is 17.6 cm³/mol. The van der Waals surface area contributed by atoms with Crippen LogP contribution in [0.2, 0.25) is 0 Å². The maximum atomic E-state index is 11.3. The molecule has 0 aromatic heterocycles. The Bertz CT molecular complexity index is 115. The second-order valence-electron chi connectivity index (χ2n) is 1.38. The van der Waals surface area contributed by atoms with Gasteiger partial charge >= 0.3 is 18.5 Å². The summed E-state index contributed by atoms with van der Waals surface area (Å²) in [5.41, 5.74) is 0. The van der Waals surface area contributed by atoms with Crippen LogP contribution in [-0.4, -0.2) is 17.1 Å². The van der Waals surface area contributed by atoms with Crippen molar-refractivity contribution in [2.45, 2.75) is 12.0 Å². The van der Waals surface area contributed by atoms with Gasteiger partial charge in [-0.2, -0.15) is 26.3 Å². The van der Waals surface area contributed by atoms with Crippen molar-refractivity contribution in [3.63, 3.8) is 0 Å². The molecule has 0 fully saturated rings. The fourth-order valence-corrected chi connectivity index (χ4v) is 0.114. The quantitative estimate of drug-likeness (QED) is 0.619. The van der Waals surface area contributed by atoms with Crippen molar-refractivity contribution in [1.29, 1.82) is 0 Å². The van der Waals surface area contributed by atoms with Gasteiger partial charge in [-0.15, -0.1) is 0 Å². The van der Waals surface area contributed by atoms with Crippen LogP contribution in [0.4, 0.5) is 26.3 Å². The first kappa shape index (κ1) is 9.54. The lowest BCUT2D eigenvalue weighted by Gasteiger charge is -2.18. The van der Waals surface area contributed by atoms with E-state index < -0.39 is 18.5 Å². The maximum Gasteiger partial charge on any atom is 0.423 e. The van der Waals surface area contributed by atoms with E-state index in [0.29, 0.717) is 0 Å². The van der Waals surface area contributed by atoms with Crippen LogP contribution in [0.3, 0.4) is 0 Å². The highest BCUT2D eigenvalue weighted by Gasteiger charge is 2.63. The molecule has 0 spiro atoms. The molecule has 1 N–H and O–H groups in total. The third-order valence-corrected chi connectivity index (χ3v) is 0.615. The molecule has 0 aromatic carbocycles. The van der Waals surface area contributed by atoms with E-state index in [0.717, 1.165) is 0 Å².